The number of fused-ring (bicyclic) bond motifs is 3. The van der Waals surface area contributed by atoms with E-state index in [2.05, 4.69) is 96.2 Å². The Morgan fingerprint density at radius 3 is 2.55 bits per heavy atom. The first-order valence-electron chi connectivity index (χ1n) is 18.2. The lowest BCUT2D eigenvalue weighted by molar-refractivity contribution is 0.0968. The number of allylic oxidation sites excluding steroid dienone is 3. The molecule has 0 saturated heterocycles. The average Bonchev–Trinajstić information content (AvgIpc) is 3.59. The van der Waals surface area contributed by atoms with Gasteiger partial charge in [0.15, 0.2) is 0 Å². The highest BCUT2D eigenvalue weighted by Crippen LogP contribution is 2.54. The summed E-state index contributed by atoms with van der Waals surface area (Å²) in [5.41, 5.74) is 6.72. The van der Waals surface area contributed by atoms with Gasteiger partial charge in [-0.1, -0.05) is 57.1 Å². The number of hydrogen-bond acceptors (Lipinski definition) is 5. The van der Waals surface area contributed by atoms with Gasteiger partial charge >= 0.3 is 5.63 Å². The molecule has 0 amide bonds. The van der Waals surface area contributed by atoms with Crippen LogP contribution >= 0.6 is 0 Å². The summed E-state index contributed by atoms with van der Waals surface area (Å²) in [7, 11) is 0. The monoisotopic (exact) mass is 660 g/mol. The fourth-order valence-corrected chi connectivity index (χ4v) is 9.00. The zero-order valence-corrected chi connectivity index (χ0v) is 30.2. The van der Waals surface area contributed by atoms with Gasteiger partial charge in [0.1, 0.15) is 41.6 Å². The largest absolute Gasteiger partial charge is 0.489 e. The number of benzene rings is 2. The van der Waals surface area contributed by atoms with Crippen LogP contribution in [0.2, 0.25) is 0 Å². The maximum absolute atomic E-state index is 11.8. The van der Waals surface area contributed by atoms with Gasteiger partial charge in [0, 0.05) is 23.3 Å². The molecule has 5 nitrogen and oxygen atoms in total. The lowest BCUT2D eigenvalue weighted by atomic mass is 9.63. The van der Waals surface area contributed by atoms with E-state index in [0.717, 1.165) is 77.3 Å². The van der Waals surface area contributed by atoms with Gasteiger partial charge in [-0.3, -0.25) is 0 Å². The predicted molar refractivity (Wildman–Crippen MR) is 199 cm³/mol. The summed E-state index contributed by atoms with van der Waals surface area (Å²) in [6.45, 7) is 15.0. The third-order valence-corrected chi connectivity index (χ3v) is 11.5. The molecule has 3 aliphatic carbocycles. The summed E-state index contributed by atoms with van der Waals surface area (Å²) < 4.78 is 24.9. The fraction of sp³-hybridized carbons (Fsp3) is 0.477. The molecule has 1 spiro atoms. The van der Waals surface area contributed by atoms with Crippen LogP contribution in [0.5, 0.6) is 17.2 Å². The summed E-state index contributed by atoms with van der Waals surface area (Å²) in [5, 5.41) is 0.838. The summed E-state index contributed by atoms with van der Waals surface area (Å²) in [6.07, 6.45) is 22.0. The molecule has 2 atom stereocenters. The Hall–Kier alpha value is -3.99. The van der Waals surface area contributed by atoms with E-state index in [0.29, 0.717) is 30.1 Å². The molecule has 7 rings (SSSR count). The molecule has 49 heavy (non-hydrogen) atoms. The third kappa shape index (κ3) is 7.32. The van der Waals surface area contributed by atoms with Crippen LogP contribution in [0.1, 0.15) is 103 Å². The second kappa shape index (κ2) is 13.0. The van der Waals surface area contributed by atoms with E-state index < -0.39 is 0 Å². The van der Waals surface area contributed by atoms with Crippen LogP contribution in [0.15, 0.2) is 81.1 Å². The quantitative estimate of drug-likeness (QED) is 0.151. The molecule has 1 aromatic heterocycles. The highest BCUT2D eigenvalue weighted by molar-refractivity contribution is 5.90. The number of hydrogen-bond donors (Lipinski definition) is 0. The molecule has 5 heteroatoms. The number of ether oxygens (including phenoxy) is 3. The smallest absolute Gasteiger partial charge is 0.336 e. The molecule has 0 radical (unpaired) electrons. The van der Waals surface area contributed by atoms with Crippen LogP contribution in [0, 0.1) is 22.7 Å². The highest BCUT2D eigenvalue weighted by Gasteiger charge is 2.50. The molecule has 0 N–H and O–H groups in total. The Labute approximate surface area is 291 Å². The lowest BCUT2D eigenvalue weighted by Gasteiger charge is -2.43. The molecule has 2 aromatic carbocycles. The first-order chi connectivity index (χ1) is 23.4. The maximum atomic E-state index is 11.8. The molecule has 4 aliphatic rings. The molecule has 258 valence electrons. The first-order valence-corrected chi connectivity index (χ1v) is 18.2. The lowest BCUT2D eigenvalue weighted by Crippen LogP contribution is -2.33. The second-order valence-corrected chi connectivity index (χ2v) is 16.7. The Morgan fingerprint density at radius 2 is 1.73 bits per heavy atom. The van der Waals surface area contributed by atoms with E-state index in [1.165, 1.54) is 36.5 Å². The van der Waals surface area contributed by atoms with Crippen molar-refractivity contribution in [1.29, 1.82) is 0 Å². The van der Waals surface area contributed by atoms with Gasteiger partial charge in [0.25, 0.3) is 0 Å². The van der Waals surface area contributed by atoms with Crippen LogP contribution < -0.4 is 19.8 Å². The maximum Gasteiger partial charge on any atom is 0.336 e. The Kier molecular flexibility index (Phi) is 8.92. The van der Waals surface area contributed by atoms with Crippen LogP contribution in [0.3, 0.4) is 0 Å². The molecule has 1 aliphatic heterocycles. The normalized spacial score (nSPS) is 23.8. The van der Waals surface area contributed by atoms with Gasteiger partial charge in [0.2, 0.25) is 0 Å². The molecular weight excluding hydrogens is 608 g/mol. The van der Waals surface area contributed by atoms with Gasteiger partial charge in [-0.2, -0.15) is 0 Å². The van der Waals surface area contributed by atoms with Gasteiger partial charge < -0.3 is 18.6 Å². The second-order valence-electron chi connectivity index (χ2n) is 16.7. The molecule has 3 aromatic rings. The van der Waals surface area contributed by atoms with E-state index in [1.54, 1.807) is 0 Å². The molecule has 2 heterocycles. The van der Waals surface area contributed by atoms with E-state index in [-0.39, 0.29) is 16.6 Å². The van der Waals surface area contributed by atoms with Gasteiger partial charge in [0.05, 0.1) is 5.39 Å². The molecule has 0 bridgehead atoms. The standard InChI is InChI=1S/C44H52O5/c1-29(17-21-47-41-36-9-7-8-33(36)23-39-37(41)14-15-40(45)48-39)10-12-34-27-44(28-43(34,5)6)19-16-32-11-13-35(24-38(32)49-44)46-20-18-30(2)22-31-25-42(3,4)26-31/h7,9,11,13-19,23-24,31,34H,8,10,12,20-22,25-28H2,1-6H3/b29-17+,30-18+/t34-,44+/m0/s1. The SMILES string of the molecule is C/C(=C\COc1c2c(cc3oc(=O)ccc13)CC=C2)CC[C@H]1C[C@]2(C=Cc3ccc(OC/C=C(\C)CC4CC(C)(C)C4)cc3O2)CC1(C)C. The van der Waals surface area contributed by atoms with Crippen molar-refractivity contribution < 1.29 is 18.6 Å². The number of rotatable bonds is 11. The topological polar surface area (TPSA) is 57.9 Å². The summed E-state index contributed by atoms with van der Waals surface area (Å²) in [6, 6.07) is 11.5. The summed E-state index contributed by atoms with van der Waals surface area (Å²) >= 11 is 0. The summed E-state index contributed by atoms with van der Waals surface area (Å²) in [5.74, 6) is 3.94. The van der Waals surface area contributed by atoms with Crippen LogP contribution in [0.4, 0.5) is 0 Å². The van der Waals surface area contributed by atoms with E-state index in [4.69, 9.17) is 18.6 Å². The molecule has 0 unspecified atom stereocenters. The van der Waals surface area contributed by atoms with E-state index in [9.17, 15) is 4.79 Å². The zero-order chi connectivity index (χ0) is 34.4. The Morgan fingerprint density at radius 1 is 0.939 bits per heavy atom. The predicted octanol–water partition coefficient (Wildman–Crippen LogP) is 10.9. The van der Waals surface area contributed by atoms with Gasteiger partial charge in [-0.05, 0) is 136 Å². The Balaban J connectivity index is 0.939. The van der Waals surface area contributed by atoms with Crippen molar-refractivity contribution in [2.75, 3.05) is 13.2 Å². The fourth-order valence-electron chi connectivity index (χ4n) is 9.00. The van der Waals surface area contributed by atoms with E-state index in [1.807, 2.05) is 12.1 Å². The van der Waals surface area contributed by atoms with Crippen molar-refractivity contribution in [3.63, 3.8) is 0 Å². The van der Waals surface area contributed by atoms with Gasteiger partial charge in [-0.25, -0.2) is 4.79 Å². The molecular formula is C44H52O5. The average molecular weight is 661 g/mol. The molecule has 2 saturated carbocycles. The van der Waals surface area contributed by atoms with Crippen molar-refractivity contribution in [1.82, 2.24) is 0 Å². The van der Waals surface area contributed by atoms with Crippen molar-refractivity contribution in [3.8, 4) is 17.2 Å². The zero-order valence-electron chi connectivity index (χ0n) is 30.2. The van der Waals surface area contributed by atoms with Crippen molar-refractivity contribution in [2.45, 2.75) is 98.5 Å². The minimum Gasteiger partial charge on any atom is -0.489 e. The highest BCUT2D eigenvalue weighted by atomic mass is 16.5. The minimum absolute atomic E-state index is 0.157. The minimum atomic E-state index is -0.342. The van der Waals surface area contributed by atoms with Crippen molar-refractivity contribution in [2.24, 2.45) is 22.7 Å². The van der Waals surface area contributed by atoms with Crippen LogP contribution in [-0.4, -0.2) is 18.8 Å². The van der Waals surface area contributed by atoms with Crippen molar-refractivity contribution in [3.05, 3.63) is 99.0 Å². The van der Waals surface area contributed by atoms with Crippen LogP contribution in [0.25, 0.3) is 23.1 Å². The third-order valence-electron chi connectivity index (χ3n) is 11.5. The Bertz CT molecular complexity index is 1910. The molecule has 2 fully saturated rings. The van der Waals surface area contributed by atoms with Gasteiger partial charge in [-0.15, -0.1) is 0 Å². The van der Waals surface area contributed by atoms with E-state index >= 15 is 0 Å². The van der Waals surface area contributed by atoms with Crippen LogP contribution in [-0.2, 0) is 6.42 Å². The summed E-state index contributed by atoms with van der Waals surface area (Å²) in [4.78, 5) is 11.8. The first kappa shape index (κ1) is 33.5. The van der Waals surface area contributed by atoms with Crippen molar-refractivity contribution >= 4 is 23.1 Å².